The van der Waals surface area contributed by atoms with Crippen LogP contribution in [0.3, 0.4) is 0 Å². The summed E-state index contributed by atoms with van der Waals surface area (Å²) in [5.74, 6) is -1.20. The molecule has 0 radical (unpaired) electrons. The lowest BCUT2D eigenvalue weighted by Crippen LogP contribution is -2.61. The molecule has 0 aromatic carbocycles. The Morgan fingerprint density at radius 3 is 1.38 bits per heavy atom. The van der Waals surface area contributed by atoms with Crippen molar-refractivity contribution in [3.05, 3.63) is 72.9 Å². The van der Waals surface area contributed by atoms with Crippen molar-refractivity contribution < 1.29 is 49.3 Å². The summed E-state index contributed by atoms with van der Waals surface area (Å²) in [5.41, 5.74) is 0. The summed E-state index contributed by atoms with van der Waals surface area (Å²) >= 11 is 0. The lowest BCUT2D eigenvalue weighted by molar-refractivity contribution is -0.305. The molecule has 452 valence electrons. The molecule has 0 spiro atoms. The third-order valence-corrected chi connectivity index (χ3v) is 14.9. The van der Waals surface area contributed by atoms with Crippen LogP contribution in [0.1, 0.15) is 278 Å². The van der Waals surface area contributed by atoms with Crippen LogP contribution in [0.15, 0.2) is 72.9 Å². The van der Waals surface area contributed by atoms with E-state index in [0.717, 1.165) is 103 Å². The van der Waals surface area contributed by atoms with E-state index in [1.54, 1.807) is 6.08 Å². The van der Waals surface area contributed by atoms with Gasteiger partial charge in [-0.2, -0.15) is 0 Å². The minimum atomic E-state index is -1.62. The van der Waals surface area contributed by atoms with Crippen molar-refractivity contribution in [2.24, 2.45) is 0 Å². The number of nitrogens with one attached hydrogen (secondary N) is 1. The van der Waals surface area contributed by atoms with Gasteiger partial charge in [0.1, 0.15) is 24.4 Å². The average molecular weight is 1100 g/mol. The Balaban J connectivity index is 2.60. The zero-order chi connectivity index (χ0) is 56.8. The number of esters is 1. The van der Waals surface area contributed by atoms with Gasteiger partial charge in [0.25, 0.3) is 0 Å². The Bertz CT molecular complexity index is 1540. The van der Waals surface area contributed by atoms with E-state index in [1.165, 1.54) is 128 Å². The molecule has 0 saturated carbocycles. The van der Waals surface area contributed by atoms with Crippen LogP contribution in [-0.4, -0.2) is 99.6 Å². The number of aliphatic hydroxyl groups is 5. The van der Waals surface area contributed by atoms with Gasteiger partial charge >= 0.3 is 5.97 Å². The summed E-state index contributed by atoms with van der Waals surface area (Å²) in [4.78, 5) is 26.5. The van der Waals surface area contributed by atoms with E-state index in [4.69, 9.17) is 14.2 Å². The molecule has 0 bridgehead atoms. The maximum Gasteiger partial charge on any atom is 0.306 e. The molecule has 0 aromatic heterocycles. The molecule has 0 aromatic rings. The molecular formula is C67H119NO10. The van der Waals surface area contributed by atoms with Crippen LogP contribution in [0.25, 0.3) is 0 Å². The lowest BCUT2D eigenvalue weighted by atomic mass is 9.99. The highest BCUT2D eigenvalue weighted by Gasteiger charge is 2.47. The SMILES string of the molecule is CC/C=C\C/C=C\C/C=C\C/C=C\C/C=C\CCCCCCCCCCCC(=O)OC1C(OCC(NC(=O)C(O)CCCCCCCCCCCCCC)C(O)/C=C/CCCCCCCCCCCC)OC(CO)C(O)C1O. The minimum Gasteiger partial charge on any atom is -0.454 e. The lowest BCUT2D eigenvalue weighted by Gasteiger charge is -2.41. The quantitative estimate of drug-likeness (QED) is 0.0195. The van der Waals surface area contributed by atoms with Crippen LogP contribution in [0, 0.1) is 0 Å². The number of allylic oxidation sites excluding steroid dienone is 11. The van der Waals surface area contributed by atoms with E-state index in [2.05, 4.69) is 86.8 Å². The zero-order valence-electron chi connectivity index (χ0n) is 50.0. The Kier molecular flexibility index (Phi) is 51.3. The molecule has 78 heavy (non-hydrogen) atoms. The van der Waals surface area contributed by atoms with Crippen molar-refractivity contribution >= 4 is 11.9 Å². The third-order valence-electron chi connectivity index (χ3n) is 14.9. The second-order valence-corrected chi connectivity index (χ2v) is 22.1. The van der Waals surface area contributed by atoms with E-state index in [9.17, 15) is 35.1 Å². The molecule has 8 unspecified atom stereocenters. The number of ether oxygens (including phenoxy) is 3. The first-order chi connectivity index (χ1) is 38.2. The number of aliphatic hydroxyl groups excluding tert-OH is 5. The average Bonchev–Trinajstić information content (AvgIpc) is 3.44. The Hall–Kier alpha value is -2.90. The van der Waals surface area contributed by atoms with Gasteiger partial charge in [-0.05, 0) is 70.6 Å². The maximum atomic E-state index is 13.4. The highest BCUT2D eigenvalue weighted by atomic mass is 16.7. The highest BCUT2D eigenvalue weighted by molar-refractivity contribution is 5.80. The summed E-state index contributed by atoms with van der Waals surface area (Å²) < 4.78 is 17.6. The first-order valence-corrected chi connectivity index (χ1v) is 32.2. The second-order valence-electron chi connectivity index (χ2n) is 22.1. The first-order valence-electron chi connectivity index (χ1n) is 32.2. The van der Waals surface area contributed by atoms with Crippen LogP contribution in [0.4, 0.5) is 0 Å². The van der Waals surface area contributed by atoms with Gasteiger partial charge in [0.2, 0.25) is 5.91 Å². The van der Waals surface area contributed by atoms with Gasteiger partial charge in [-0.15, -0.1) is 0 Å². The first kappa shape index (κ1) is 73.1. The van der Waals surface area contributed by atoms with Crippen molar-refractivity contribution in [2.75, 3.05) is 13.2 Å². The highest BCUT2D eigenvalue weighted by Crippen LogP contribution is 2.26. The molecule has 8 atom stereocenters. The standard InChI is InChI=1S/C67H119NO10/c1-4-7-10-13-16-19-22-25-26-27-28-29-30-31-32-33-34-35-36-37-40-43-46-49-52-55-62(72)78-65-64(74)63(73)61(56-69)77-67(65)76-57-58(59(70)53-50-47-44-41-38-23-20-17-14-11-8-5-2)68-66(75)60(71)54-51-48-45-42-39-24-21-18-15-12-9-6-3/h7,10,16,19,25-26,28-29,31-32,50,53,58-61,63-65,67,69-71,73-74H,4-6,8-9,11-15,17-18,20-24,27,30,33-49,51-52,54-57H2,1-3H3,(H,68,75)/b10-7-,19-16-,26-25-,29-28-,32-31-,53-50+. The van der Waals surface area contributed by atoms with E-state index >= 15 is 0 Å². The predicted octanol–water partition coefficient (Wildman–Crippen LogP) is 15.6. The number of hydrogen-bond acceptors (Lipinski definition) is 10. The number of amides is 1. The van der Waals surface area contributed by atoms with Crippen LogP contribution in [0.2, 0.25) is 0 Å². The molecule has 1 heterocycles. The van der Waals surface area contributed by atoms with Crippen molar-refractivity contribution in [2.45, 2.75) is 327 Å². The fourth-order valence-corrected chi connectivity index (χ4v) is 9.80. The number of rotatable bonds is 54. The Labute approximate surface area is 477 Å². The van der Waals surface area contributed by atoms with E-state index in [1.807, 2.05) is 6.08 Å². The van der Waals surface area contributed by atoms with Crippen molar-refractivity contribution in [1.82, 2.24) is 5.32 Å². The predicted molar refractivity (Wildman–Crippen MR) is 324 cm³/mol. The largest absolute Gasteiger partial charge is 0.454 e. The third kappa shape index (κ3) is 42.0. The monoisotopic (exact) mass is 1100 g/mol. The number of carbonyl (C=O) groups excluding carboxylic acids is 2. The normalized spacial score (nSPS) is 19.4. The molecule has 11 heteroatoms. The molecule has 1 saturated heterocycles. The number of carbonyl (C=O) groups is 2. The Morgan fingerprint density at radius 2 is 0.923 bits per heavy atom. The van der Waals surface area contributed by atoms with Gasteiger partial charge in [-0.1, -0.05) is 273 Å². The van der Waals surface area contributed by atoms with E-state index in [-0.39, 0.29) is 13.0 Å². The summed E-state index contributed by atoms with van der Waals surface area (Å²) in [6, 6.07) is -1.02. The van der Waals surface area contributed by atoms with Crippen LogP contribution in [0.5, 0.6) is 0 Å². The van der Waals surface area contributed by atoms with Crippen LogP contribution in [-0.2, 0) is 23.8 Å². The van der Waals surface area contributed by atoms with Gasteiger partial charge < -0.3 is 45.1 Å². The maximum absolute atomic E-state index is 13.4. The fraction of sp³-hybridized carbons (Fsp3) is 0.791. The molecular weight excluding hydrogens is 979 g/mol. The molecule has 1 amide bonds. The van der Waals surface area contributed by atoms with Crippen LogP contribution < -0.4 is 5.32 Å². The van der Waals surface area contributed by atoms with Gasteiger partial charge in [-0.3, -0.25) is 9.59 Å². The zero-order valence-corrected chi connectivity index (χ0v) is 50.0. The van der Waals surface area contributed by atoms with Gasteiger partial charge in [0, 0.05) is 6.42 Å². The van der Waals surface area contributed by atoms with Crippen molar-refractivity contribution in [3.63, 3.8) is 0 Å². The van der Waals surface area contributed by atoms with Crippen molar-refractivity contribution in [3.8, 4) is 0 Å². The minimum absolute atomic E-state index is 0.115. The fourth-order valence-electron chi connectivity index (χ4n) is 9.80. The van der Waals surface area contributed by atoms with Crippen LogP contribution >= 0.6 is 0 Å². The Morgan fingerprint density at radius 1 is 0.513 bits per heavy atom. The van der Waals surface area contributed by atoms with Gasteiger partial charge in [0.05, 0.1) is 25.4 Å². The summed E-state index contributed by atoms with van der Waals surface area (Å²) in [6.45, 7) is 5.67. The second kappa shape index (κ2) is 54.7. The molecule has 1 aliphatic heterocycles. The van der Waals surface area contributed by atoms with E-state index < -0.39 is 67.4 Å². The smallest absolute Gasteiger partial charge is 0.306 e. The van der Waals surface area contributed by atoms with E-state index in [0.29, 0.717) is 19.3 Å². The number of unbranched alkanes of at least 4 members (excludes halogenated alkanes) is 30. The molecule has 1 rings (SSSR count). The summed E-state index contributed by atoms with van der Waals surface area (Å²) in [7, 11) is 0. The summed E-state index contributed by atoms with van der Waals surface area (Å²) in [6.07, 6.45) is 59.4. The van der Waals surface area contributed by atoms with Gasteiger partial charge in [0.15, 0.2) is 12.4 Å². The number of hydrogen-bond donors (Lipinski definition) is 6. The van der Waals surface area contributed by atoms with Gasteiger partial charge in [-0.25, -0.2) is 0 Å². The van der Waals surface area contributed by atoms with Crippen molar-refractivity contribution in [1.29, 1.82) is 0 Å². The summed E-state index contributed by atoms with van der Waals surface area (Å²) in [5, 5.41) is 57.0. The molecule has 1 fully saturated rings. The molecule has 11 nitrogen and oxygen atoms in total. The topological polar surface area (TPSA) is 175 Å². The molecule has 1 aliphatic rings. The molecule has 0 aliphatic carbocycles. The molecule has 6 N–H and O–H groups in total.